The third-order valence-electron chi connectivity index (χ3n) is 5.04. The molecule has 1 saturated heterocycles. The summed E-state index contributed by atoms with van der Waals surface area (Å²) in [6.45, 7) is 4.63. The highest BCUT2D eigenvalue weighted by Gasteiger charge is 2.24. The Balaban J connectivity index is 1.49. The number of carbonyl (C=O) groups excluding carboxylic acids is 1. The Morgan fingerprint density at radius 2 is 1.83 bits per heavy atom. The maximum Gasteiger partial charge on any atom is 0.251 e. The van der Waals surface area contributed by atoms with Crippen molar-refractivity contribution in [2.45, 2.75) is 38.8 Å². The van der Waals surface area contributed by atoms with Crippen LogP contribution < -0.4 is 10.0 Å². The Bertz CT molecular complexity index is 899. The van der Waals surface area contributed by atoms with E-state index in [0.29, 0.717) is 17.7 Å². The van der Waals surface area contributed by atoms with E-state index in [9.17, 15) is 13.2 Å². The van der Waals surface area contributed by atoms with Crippen molar-refractivity contribution < 1.29 is 13.2 Å². The topological polar surface area (TPSA) is 78.5 Å². The van der Waals surface area contributed by atoms with Gasteiger partial charge in [0.1, 0.15) is 0 Å². The van der Waals surface area contributed by atoms with E-state index in [1.807, 2.05) is 25.1 Å². The van der Waals surface area contributed by atoms with E-state index < -0.39 is 10.0 Å². The Hall–Kier alpha value is -2.38. The van der Waals surface area contributed by atoms with Crippen LogP contribution in [0.1, 0.15) is 42.1 Å². The number of carbonyl (C=O) groups is 1. The van der Waals surface area contributed by atoms with Gasteiger partial charge in [0.15, 0.2) is 0 Å². The molecule has 2 aromatic carbocycles. The minimum Gasteiger partial charge on any atom is -0.348 e. The Morgan fingerprint density at radius 3 is 2.52 bits per heavy atom. The predicted octanol–water partition coefficient (Wildman–Crippen LogP) is 3.23. The van der Waals surface area contributed by atoms with Gasteiger partial charge in [0.2, 0.25) is 10.0 Å². The molecule has 1 fully saturated rings. The molecule has 0 saturated carbocycles. The monoisotopic (exact) mass is 415 g/mol. The summed E-state index contributed by atoms with van der Waals surface area (Å²) in [5.74, 6) is -0.0238. The van der Waals surface area contributed by atoms with Crippen molar-refractivity contribution in [2.24, 2.45) is 0 Å². The number of nitrogens with zero attached hydrogens (tertiary/aromatic N) is 1. The number of unbranched alkanes of at least 4 members (excludes halogenated alkanes) is 1. The van der Waals surface area contributed by atoms with Crippen molar-refractivity contribution in [1.29, 1.82) is 0 Å². The molecule has 0 spiro atoms. The summed E-state index contributed by atoms with van der Waals surface area (Å²) in [7, 11) is -3.34. The molecule has 1 aliphatic rings. The summed E-state index contributed by atoms with van der Waals surface area (Å²) < 4.78 is 26.5. The van der Waals surface area contributed by atoms with Gasteiger partial charge in [0.25, 0.3) is 5.91 Å². The molecule has 0 aliphatic carbocycles. The maximum atomic E-state index is 12.5. The van der Waals surface area contributed by atoms with Gasteiger partial charge in [-0.1, -0.05) is 43.7 Å². The second kappa shape index (κ2) is 9.89. The predicted molar refractivity (Wildman–Crippen MR) is 116 cm³/mol. The Labute approximate surface area is 173 Å². The number of likely N-dealkylation sites (tertiary alicyclic amines) is 1. The first-order valence-electron chi connectivity index (χ1n) is 10.1. The Morgan fingerprint density at radius 1 is 1.10 bits per heavy atom. The molecule has 2 N–H and O–H groups in total. The van der Waals surface area contributed by atoms with Gasteiger partial charge in [0, 0.05) is 36.9 Å². The summed E-state index contributed by atoms with van der Waals surface area (Å²) in [5.41, 5.74) is 2.28. The zero-order valence-corrected chi connectivity index (χ0v) is 17.6. The van der Waals surface area contributed by atoms with Gasteiger partial charge < -0.3 is 5.32 Å². The summed E-state index contributed by atoms with van der Waals surface area (Å²) in [4.78, 5) is 14.9. The van der Waals surface area contributed by atoms with Crippen LogP contribution in [0.2, 0.25) is 0 Å². The van der Waals surface area contributed by atoms with Crippen LogP contribution in [0, 0.1) is 0 Å². The fourth-order valence-electron chi connectivity index (χ4n) is 3.46. The minimum absolute atomic E-state index is 0.104. The van der Waals surface area contributed by atoms with E-state index in [-0.39, 0.29) is 17.7 Å². The molecule has 1 heterocycles. The van der Waals surface area contributed by atoms with Crippen LogP contribution in [0.25, 0.3) is 0 Å². The molecular formula is C22H29N3O3S. The average Bonchev–Trinajstić information content (AvgIpc) is 3.14. The van der Waals surface area contributed by atoms with E-state index in [0.717, 1.165) is 32.5 Å². The number of hydrogen-bond donors (Lipinski definition) is 2. The summed E-state index contributed by atoms with van der Waals surface area (Å²) in [6.07, 6.45) is 2.37. The van der Waals surface area contributed by atoms with Gasteiger partial charge in [-0.25, -0.2) is 8.42 Å². The molecule has 0 unspecified atom stereocenters. The molecule has 0 aromatic heterocycles. The molecular weight excluding hydrogens is 386 g/mol. The van der Waals surface area contributed by atoms with Gasteiger partial charge in [-0.15, -0.1) is 0 Å². The number of hydrogen-bond acceptors (Lipinski definition) is 4. The van der Waals surface area contributed by atoms with Gasteiger partial charge in [-0.2, -0.15) is 0 Å². The number of rotatable bonds is 9. The second-order valence-electron chi connectivity index (χ2n) is 7.53. The molecule has 6 nitrogen and oxygen atoms in total. The summed E-state index contributed by atoms with van der Waals surface area (Å²) >= 11 is 0. The molecule has 1 aliphatic heterocycles. The smallest absolute Gasteiger partial charge is 0.251 e. The normalized spacial score (nSPS) is 17.2. The van der Waals surface area contributed by atoms with E-state index in [1.165, 1.54) is 5.56 Å². The number of sulfonamides is 1. The molecule has 1 amide bonds. The fourth-order valence-corrected chi connectivity index (χ4v) is 4.72. The van der Waals surface area contributed by atoms with Crippen molar-refractivity contribution in [1.82, 2.24) is 10.2 Å². The lowest BCUT2D eigenvalue weighted by molar-refractivity contribution is 0.0937. The molecule has 1 atom stereocenters. The molecule has 0 bridgehead atoms. The zero-order valence-electron chi connectivity index (χ0n) is 16.8. The second-order valence-corrected chi connectivity index (χ2v) is 9.37. The van der Waals surface area contributed by atoms with Crippen LogP contribution in [0.15, 0.2) is 54.6 Å². The number of anilines is 1. The molecule has 29 heavy (non-hydrogen) atoms. The standard InChI is InChI=1S/C22H29N3O3S/c1-2-3-15-29(27,28)24-20-11-9-19(10-12-20)22(26)23-21-13-14-25(17-21)16-18-7-5-4-6-8-18/h4-12,21,24H,2-3,13-17H2,1H3,(H,23,26)/t21-/m0/s1. The lowest BCUT2D eigenvalue weighted by Gasteiger charge is -2.17. The zero-order chi connectivity index (χ0) is 20.7. The summed E-state index contributed by atoms with van der Waals surface area (Å²) in [5, 5.41) is 3.09. The highest BCUT2D eigenvalue weighted by molar-refractivity contribution is 7.92. The van der Waals surface area contributed by atoms with Crippen molar-refractivity contribution in [3.63, 3.8) is 0 Å². The lowest BCUT2D eigenvalue weighted by Crippen LogP contribution is -2.37. The van der Waals surface area contributed by atoms with Gasteiger partial charge in [-0.05, 0) is 42.7 Å². The third kappa shape index (κ3) is 6.58. The number of amides is 1. The Kier molecular flexibility index (Phi) is 7.28. The van der Waals surface area contributed by atoms with Gasteiger partial charge in [-0.3, -0.25) is 14.4 Å². The molecule has 0 radical (unpaired) electrons. The van der Waals surface area contributed by atoms with Crippen molar-refractivity contribution in [3.05, 3.63) is 65.7 Å². The van der Waals surface area contributed by atoms with Gasteiger partial charge >= 0.3 is 0 Å². The van der Waals surface area contributed by atoms with Crippen LogP contribution in [-0.4, -0.2) is 44.1 Å². The molecule has 7 heteroatoms. The van der Waals surface area contributed by atoms with Crippen LogP contribution in [0.3, 0.4) is 0 Å². The van der Waals surface area contributed by atoms with E-state index in [2.05, 4.69) is 27.1 Å². The number of benzene rings is 2. The van der Waals surface area contributed by atoms with E-state index in [1.54, 1.807) is 24.3 Å². The van der Waals surface area contributed by atoms with Crippen LogP contribution >= 0.6 is 0 Å². The lowest BCUT2D eigenvalue weighted by atomic mass is 10.1. The molecule has 3 rings (SSSR count). The van der Waals surface area contributed by atoms with Gasteiger partial charge in [0.05, 0.1) is 5.75 Å². The maximum absolute atomic E-state index is 12.5. The van der Waals surface area contributed by atoms with Crippen molar-refractivity contribution >= 4 is 21.6 Å². The quantitative estimate of drug-likeness (QED) is 0.659. The summed E-state index contributed by atoms with van der Waals surface area (Å²) in [6, 6.07) is 17.0. The van der Waals surface area contributed by atoms with E-state index in [4.69, 9.17) is 0 Å². The highest BCUT2D eigenvalue weighted by atomic mass is 32.2. The minimum atomic E-state index is -3.34. The number of nitrogens with one attached hydrogen (secondary N) is 2. The average molecular weight is 416 g/mol. The van der Waals surface area contributed by atoms with Crippen molar-refractivity contribution in [2.75, 3.05) is 23.6 Å². The first kappa shape index (κ1) is 21.3. The fraction of sp³-hybridized carbons (Fsp3) is 0.409. The molecule has 2 aromatic rings. The first-order chi connectivity index (χ1) is 13.9. The largest absolute Gasteiger partial charge is 0.348 e. The highest BCUT2D eigenvalue weighted by Crippen LogP contribution is 2.16. The molecule has 156 valence electrons. The third-order valence-corrected chi connectivity index (χ3v) is 6.42. The SMILES string of the molecule is CCCCS(=O)(=O)Nc1ccc(C(=O)N[C@H]2CCN(Cc3ccccc3)C2)cc1. The van der Waals surface area contributed by atoms with Crippen LogP contribution in [-0.2, 0) is 16.6 Å². The van der Waals surface area contributed by atoms with Crippen molar-refractivity contribution in [3.8, 4) is 0 Å². The first-order valence-corrected chi connectivity index (χ1v) is 11.8. The van der Waals surface area contributed by atoms with Crippen LogP contribution in [0.4, 0.5) is 5.69 Å². The van der Waals surface area contributed by atoms with Crippen LogP contribution in [0.5, 0.6) is 0 Å². The van der Waals surface area contributed by atoms with E-state index >= 15 is 0 Å².